The summed E-state index contributed by atoms with van der Waals surface area (Å²) in [7, 11) is 0. The van der Waals surface area contributed by atoms with E-state index < -0.39 is 0 Å². The molecular weight excluding hydrogens is 324 g/mol. The van der Waals surface area contributed by atoms with E-state index in [-0.39, 0.29) is 11.8 Å². The molecule has 0 saturated carbocycles. The van der Waals surface area contributed by atoms with Gasteiger partial charge in [0.05, 0.1) is 27.5 Å². The number of hydrogen-bond acceptors (Lipinski definition) is 3. The average molecular weight is 339 g/mol. The number of benzene rings is 2. The smallest absolute Gasteiger partial charge is 0.122 e. The molecule has 4 rings (SSSR count). The predicted octanol–water partition coefficient (Wildman–Crippen LogP) is 3.53. The second kappa shape index (κ2) is 5.35. The van der Waals surface area contributed by atoms with Crippen molar-refractivity contribution in [2.45, 2.75) is 12.8 Å². The number of halogens is 1. The van der Waals surface area contributed by atoms with Gasteiger partial charge in [-0.1, -0.05) is 17.7 Å². The van der Waals surface area contributed by atoms with Crippen LogP contribution in [0.3, 0.4) is 0 Å². The van der Waals surface area contributed by atoms with Gasteiger partial charge in [-0.3, -0.25) is 5.41 Å². The molecule has 0 spiro atoms. The lowest BCUT2D eigenvalue weighted by Gasteiger charge is -2.03. The topological polar surface area (TPSA) is 107 Å². The largest absolute Gasteiger partial charge is 0.384 e. The Labute approximate surface area is 142 Å². The molecule has 1 unspecified atom stereocenters. The maximum absolute atomic E-state index is 7.53. The zero-order valence-corrected chi connectivity index (χ0v) is 13.6. The van der Waals surface area contributed by atoms with E-state index in [2.05, 4.69) is 19.9 Å². The van der Waals surface area contributed by atoms with E-state index in [1.807, 2.05) is 37.3 Å². The van der Waals surface area contributed by atoms with Crippen LogP contribution in [0.2, 0.25) is 5.02 Å². The van der Waals surface area contributed by atoms with Crippen molar-refractivity contribution in [3.63, 3.8) is 0 Å². The van der Waals surface area contributed by atoms with Crippen LogP contribution < -0.4 is 5.73 Å². The molecule has 0 aliphatic rings. The number of aromatic nitrogens is 4. The number of fused-ring (bicyclic) bond motifs is 2. The molecule has 2 aromatic heterocycles. The van der Waals surface area contributed by atoms with Crippen LogP contribution in [0.4, 0.5) is 0 Å². The number of H-pyrrole nitrogens is 2. The molecule has 0 bridgehead atoms. The van der Waals surface area contributed by atoms with E-state index in [9.17, 15) is 0 Å². The third kappa shape index (κ3) is 2.32. The maximum atomic E-state index is 7.53. The Balaban J connectivity index is 1.77. The number of hydrogen-bond donors (Lipinski definition) is 4. The number of amidine groups is 1. The van der Waals surface area contributed by atoms with Crippen LogP contribution in [0.1, 0.15) is 30.1 Å². The number of imidazole rings is 2. The molecule has 0 amide bonds. The standard InChI is InChI=1S/C17H15ClN6/c1-8(17-22-12-4-2-3-10(18)14(12)24-17)16-21-11-6-5-9(15(19)20)7-13(11)23-16/h2-8H,1H3,(H3,19,20)(H,21,23)(H,22,24). The summed E-state index contributed by atoms with van der Waals surface area (Å²) < 4.78 is 0. The number of rotatable bonds is 3. The third-order valence-electron chi connectivity index (χ3n) is 4.11. The fourth-order valence-electron chi connectivity index (χ4n) is 2.75. The van der Waals surface area contributed by atoms with E-state index in [0.29, 0.717) is 10.6 Å². The first-order valence-corrected chi connectivity index (χ1v) is 7.89. The number of nitrogens with zero attached hydrogens (tertiary/aromatic N) is 2. The zero-order chi connectivity index (χ0) is 16.8. The normalized spacial score (nSPS) is 12.8. The molecule has 4 aromatic rings. The molecule has 1 atom stereocenters. The first-order valence-electron chi connectivity index (χ1n) is 7.51. The van der Waals surface area contributed by atoms with Crippen LogP contribution in [0.15, 0.2) is 36.4 Å². The van der Waals surface area contributed by atoms with Crippen molar-refractivity contribution < 1.29 is 0 Å². The van der Waals surface area contributed by atoms with Crippen LogP contribution in [0, 0.1) is 5.41 Å². The molecule has 0 aliphatic carbocycles. The number of para-hydroxylation sites is 1. The maximum Gasteiger partial charge on any atom is 0.122 e. The summed E-state index contributed by atoms with van der Waals surface area (Å²) in [5, 5.41) is 8.16. The molecule has 0 fully saturated rings. The van der Waals surface area contributed by atoms with Crippen molar-refractivity contribution in [2.24, 2.45) is 5.73 Å². The monoisotopic (exact) mass is 338 g/mol. The van der Waals surface area contributed by atoms with Gasteiger partial charge in [0.2, 0.25) is 0 Å². The summed E-state index contributed by atoms with van der Waals surface area (Å²) >= 11 is 6.19. The summed E-state index contributed by atoms with van der Waals surface area (Å²) in [6.07, 6.45) is 0. The van der Waals surface area contributed by atoms with Gasteiger partial charge in [-0.25, -0.2) is 9.97 Å². The molecule has 24 heavy (non-hydrogen) atoms. The van der Waals surface area contributed by atoms with Crippen molar-refractivity contribution in [2.75, 3.05) is 0 Å². The molecule has 120 valence electrons. The van der Waals surface area contributed by atoms with Crippen LogP contribution in [0.5, 0.6) is 0 Å². The summed E-state index contributed by atoms with van der Waals surface area (Å²) in [5.41, 5.74) is 9.55. The Morgan fingerprint density at radius 1 is 1.12 bits per heavy atom. The van der Waals surface area contributed by atoms with Crippen molar-refractivity contribution in [3.05, 3.63) is 58.6 Å². The van der Waals surface area contributed by atoms with E-state index in [1.165, 1.54) is 0 Å². The summed E-state index contributed by atoms with van der Waals surface area (Å²) in [4.78, 5) is 15.8. The van der Waals surface area contributed by atoms with Crippen LogP contribution in [-0.4, -0.2) is 25.8 Å². The molecule has 6 nitrogen and oxygen atoms in total. The Bertz CT molecular complexity index is 1080. The van der Waals surface area contributed by atoms with Gasteiger partial charge in [0, 0.05) is 5.56 Å². The minimum absolute atomic E-state index is 0.0352. The van der Waals surface area contributed by atoms with Gasteiger partial charge >= 0.3 is 0 Å². The van der Waals surface area contributed by atoms with Gasteiger partial charge in [-0.2, -0.15) is 0 Å². The molecule has 2 aromatic carbocycles. The van der Waals surface area contributed by atoms with Crippen molar-refractivity contribution >= 4 is 39.5 Å². The van der Waals surface area contributed by atoms with E-state index >= 15 is 0 Å². The number of nitrogens with two attached hydrogens (primary N) is 1. The highest BCUT2D eigenvalue weighted by molar-refractivity contribution is 6.34. The van der Waals surface area contributed by atoms with Crippen LogP contribution >= 0.6 is 11.6 Å². The van der Waals surface area contributed by atoms with E-state index in [1.54, 1.807) is 6.07 Å². The average Bonchev–Trinajstić information content (AvgIpc) is 3.18. The van der Waals surface area contributed by atoms with E-state index in [4.69, 9.17) is 22.7 Å². The van der Waals surface area contributed by atoms with Gasteiger partial charge in [-0.05, 0) is 37.3 Å². The Morgan fingerprint density at radius 2 is 1.88 bits per heavy atom. The summed E-state index contributed by atoms with van der Waals surface area (Å²) in [6, 6.07) is 11.1. The Kier molecular flexibility index (Phi) is 3.28. The molecular formula is C17H15ClN6. The first kappa shape index (κ1) is 14.7. The lowest BCUT2D eigenvalue weighted by atomic mass is 10.1. The highest BCUT2D eigenvalue weighted by atomic mass is 35.5. The van der Waals surface area contributed by atoms with Gasteiger partial charge in [0.25, 0.3) is 0 Å². The van der Waals surface area contributed by atoms with Crippen LogP contribution in [0.25, 0.3) is 22.1 Å². The van der Waals surface area contributed by atoms with Crippen molar-refractivity contribution in [3.8, 4) is 0 Å². The highest BCUT2D eigenvalue weighted by Gasteiger charge is 2.18. The van der Waals surface area contributed by atoms with Gasteiger partial charge < -0.3 is 15.7 Å². The fraction of sp³-hybridized carbons (Fsp3) is 0.118. The molecule has 0 saturated heterocycles. The van der Waals surface area contributed by atoms with E-state index in [0.717, 1.165) is 33.7 Å². The van der Waals surface area contributed by atoms with Crippen molar-refractivity contribution in [1.29, 1.82) is 5.41 Å². The van der Waals surface area contributed by atoms with Gasteiger partial charge in [0.15, 0.2) is 0 Å². The predicted molar refractivity (Wildman–Crippen MR) is 95.7 cm³/mol. The number of nitrogen functional groups attached to an aromatic ring is 1. The first-order chi connectivity index (χ1) is 11.5. The minimum Gasteiger partial charge on any atom is -0.384 e. The number of aromatic amines is 2. The molecule has 2 heterocycles. The minimum atomic E-state index is -0.0540. The lowest BCUT2D eigenvalue weighted by Crippen LogP contribution is -2.10. The summed E-state index contributed by atoms with van der Waals surface area (Å²) in [6.45, 7) is 2.02. The molecule has 7 heteroatoms. The zero-order valence-electron chi connectivity index (χ0n) is 12.9. The Morgan fingerprint density at radius 3 is 2.62 bits per heavy atom. The van der Waals surface area contributed by atoms with Crippen molar-refractivity contribution in [1.82, 2.24) is 19.9 Å². The molecule has 5 N–H and O–H groups in total. The Hall–Kier alpha value is -2.86. The SMILES string of the molecule is CC(c1nc2ccc(C(=N)N)cc2[nH]1)c1nc2c(Cl)cccc2[nH]1. The highest BCUT2D eigenvalue weighted by Crippen LogP contribution is 2.27. The van der Waals surface area contributed by atoms with Crippen LogP contribution in [-0.2, 0) is 0 Å². The second-order valence-electron chi connectivity index (χ2n) is 5.75. The van der Waals surface area contributed by atoms with Gasteiger partial charge in [0.1, 0.15) is 23.0 Å². The quantitative estimate of drug-likeness (QED) is 0.339. The van der Waals surface area contributed by atoms with Gasteiger partial charge in [-0.15, -0.1) is 0 Å². The number of nitrogens with one attached hydrogen (secondary N) is 3. The third-order valence-corrected chi connectivity index (χ3v) is 4.42. The molecule has 0 aliphatic heterocycles. The second-order valence-corrected chi connectivity index (χ2v) is 6.15. The lowest BCUT2D eigenvalue weighted by molar-refractivity contribution is 0.790. The fourth-order valence-corrected chi connectivity index (χ4v) is 2.97. The molecule has 0 radical (unpaired) electrons. The summed E-state index contributed by atoms with van der Waals surface area (Å²) in [5.74, 6) is 1.57.